The average molecular weight is 255 g/mol. The zero-order valence-corrected chi connectivity index (χ0v) is 11.0. The molecule has 4 heteroatoms. The maximum Gasteiger partial charge on any atom is 0.118 e. The number of piperidine rings is 1. The minimum Gasteiger partial charge on any atom is -0.497 e. The Balaban J connectivity index is 1.80. The number of nitrogens with zero attached hydrogens (tertiary/aromatic N) is 2. The molecule has 0 atom stereocenters. The quantitative estimate of drug-likeness (QED) is 0.897. The van der Waals surface area contributed by atoms with Crippen molar-refractivity contribution in [3.63, 3.8) is 0 Å². The summed E-state index contributed by atoms with van der Waals surface area (Å²) in [5.74, 6) is 1.56. The van der Waals surface area contributed by atoms with E-state index in [0.717, 1.165) is 17.0 Å². The average Bonchev–Trinajstić information content (AvgIpc) is 2.95. The van der Waals surface area contributed by atoms with Gasteiger partial charge in [-0.15, -0.1) is 0 Å². The SMILES string of the molecule is COc1ccc(-c2n[nH]c3c2N2CCC3CC2)cc1. The number of rotatable bonds is 2. The van der Waals surface area contributed by atoms with E-state index < -0.39 is 0 Å². The molecule has 0 unspecified atom stereocenters. The summed E-state index contributed by atoms with van der Waals surface area (Å²) in [6.45, 7) is 2.33. The Labute approximate surface area is 112 Å². The fraction of sp³-hybridized carbons (Fsp3) is 0.400. The number of fused-ring (bicyclic) bond motifs is 2. The zero-order chi connectivity index (χ0) is 12.8. The lowest BCUT2D eigenvalue weighted by Crippen LogP contribution is -2.38. The van der Waals surface area contributed by atoms with Gasteiger partial charge in [-0.1, -0.05) is 0 Å². The number of ether oxygens (including phenoxy) is 1. The van der Waals surface area contributed by atoms with Crippen molar-refractivity contribution in [2.24, 2.45) is 0 Å². The largest absolute Gasteiger partial charge is 0.497 e. The third-order valence-electron chi connectivity index (χ3n) is 4.35. The van der Waals surface area contributed by atoms with Gasteiger partial charge in [-0.2, -0.15) is 5.10 Å². The second kappa shape index (κ2) is 4.02. The van der Waals surface area contributed by atoms with Crippen LogP contribution in [-0.4, -0.2) is 30.4 Å². The third-order valence-corrected chi connectivity index (χ3v) is 4.35. The maximum atomic E-state index is 5.21. The van der Waals surface area contributed by atoms with E-state index in [1.807, 2.05) is 12.1 Å². The number of H-pyrrole nitrogens is 1. The summed E-state index contributed by atoms with van der Waals surface area (Å²) >= 11 is 0. The van der Waals surface area contributed by atoms with Crippen LogP contribution in [0.5, 0.6) is 5.75 Å². The Bertz CT molecular complexity index is 594. The van der Waals surface area contributed by atoms with Gasteiger partial charge < -0.3 is 9.64 Å². The van der Waals surface area contributed by atoms with E-state index in [-0.39, 0.29) is 0 Å². The highest BCUT2D eigenvalue weighted by atomic mass is 16.5. The monoisotopic (exact) mass is 255 g/mol. The van der Waals surface area contributed by atoms with E-state index in [1.54, 1.807) is 7.11 Å². The number of anilines is 1. The molecule has 1 N–H and O–H groups in total. The van der Waals surface area contributed by atoms with Gasteiger partial charge in [0, 0.05) is 24.6 Å². The second-order valence-electron chi connectivity index (χ2n) is 5.32. The van der Waals surface area contributed by atoms with Gasteiger partial charge in [-0.25, -0.2) is 0 Å². The van der Waals surface area contributed by atoms with Crippen LogP contribution < -0.4 is 9.64 Å². The zero-order valence-electron chi connectivity index (χ0n) is 11.0. The minimum atomic E-state index is 0.680. The van der Waals surface area contributed by atoms with Crippen LogP contribution in [0.3, 0.4) is 0 Å². The molecule has 3 aliphatic rings. The van der Waals surface area contributed by atoms with Crippen LogP contribution in [0.1, 0.15) is 24.5 Å². The molecule has 4 nitrogen and oxygen atoms in total. The van der Waals surface area contributed by atoms with E-state index in [4.69, 9.17) is 4.74 Å². The van der Waals surface area contributed by atoms with E-state index >= 15 is 0 Å². The van der Waals surface area contributed by atoms with Gasteiger partial charge in [0.05, 0.1) is 18.5 Å². The van der Waals surface area contributed by atoms with Crippen molar-refractivity contribution in [1.82, 2.24) is 10.2 Å². The second-order valence-corrected chi connectivity index (χ2v) is 5.32. The molecule has 3 aliphatic heterocycles. The standard InChI is InChI=1S/C15H17N3O/c1-19-12-4-2-10(3-5-12)13-15-14(17-16-13)11-6-8-18(15)9-7-11/h2-5,11H,6-9H2,1H3,(H,16,17). The van der Waals surface area contributed by atoms with Crippen molar-refractivity contribution < 1.29 is 4.74 Å². The van der Waals surface area contributed by atoms with Gasteiger partial charge in [0.2, 0.25) is 0 Å². The number of methoxy groups -OCH3 is 1. The predicted octanol–water partition coefficient (Wildman–Crippen LogP) is 2.78. The molecule has 2 aromatic rings. The Morgan fingerprint density at radius 2 is 1.95 bits per heavy atom. The molecule has 1 fully saturated rings. The Kier molecular flexibility index (Phi) is 2.31. The van der Waals surface area contributed by atoms with Crippen molar-refractivity contribution in [1.29, 1.82) is 0 Å². The van der Waals surface area contributed by atoms with Crippen LogP contribution in [0.4, 0.5) is 5.69 Å². The summed E-state index contributed by atoms with van der Waals surface area (Å²) in [4.78, 5) is 2.47. The first kappa shape index (κ1) is 10.9. The van der Waals surface area contributed by atoms with Crippen molar-refractivity contribution in [3.8, 4) is 17.0 Å². The Morgan fingerprint density at radius 1 is 1.21 bits per heavy atom. The highest BCUT2D eigenvalue weighted by Crippen LogP contribution is 2.45. The fourth-order valence-electron chi connectivity index (χ4n) is 3.30. The first-order valence-electron chi connectivity index (χ1n) is 6.84. The molecular formula is C15H17N3O. The molecule has 4 heterocycles. The number of nitrogens with one attached hydrogen (secondary N) is 1. The maximum absolute atomic E-state index is 5.21. The summed E-state index contributed by atoms with van der Waals surface area (Å²) in [6.07, 6.45) is 2.52. The van der Waals surface area contributed by atoms with E-state index in [2.05, 4.69) is 27.2 Å². The van der Waals surface area contributed by atoms with Gasteiger partial charge in [0.25, 0.3) is 0 Å². The molecule has 5 rings (SSSR count). The summed E-state index contributed by atoms with van der Waals surface area (Å²) in [5, 5.41) is 7.82. The molecular weight excluding hydrogens is 238 g/mol. The van der Waals surface area contributed by atoms with Gasteiger partial charge in [-0.3, -0.25) is 5.10 Å². The highest BCUT2D eigenvalue weighted by Gasteiger charge is 2.35. The van der Waals surface area contributed by atoms with Crippen LogP contribution in [0.15, 0.2) is 24.3 Å². The molecule has 1 saturated heterocycles. The Morgan fingerprint density at radius 3 is 2.63 bits per heavy atom. The van der Waals surface area contributed by atoms with E-state index in [9.17, 15) is 0 Å². The van der Waals surface area contributed by atoms with Crippen molar-refractivity contribution in [2.75, 3.05) is 25.1 Å². The summed E-state index contributed by atoms with van der Waals surface area (Å²) in [5.41, 5.74) is 4.91. The highest BCUT2D eigenvalue weighted by molar-refractivity contribution is 5.79. The molecule has 19 heavy (non-hydrogen) atoms. The van der Waals surface area contributed by atoms with Gasteiger partial charge in [0.1, 0.15) is 11.4 Å². The molecule has 0 radical (unpaired) electrons. The molecule has 1 aromatic heterocycles. The molecule has 0 saturated carbocycles. The first-order valence-corrected chi connectivity index (χ1v) is 6.84. The normalized spacial score (nSPS) is 17.6. The van der Waals surface area contributed by atoms with Crippen LogP contribution in [0.2, 0.25) is 0 Å². The van der Waals surface area contributed by atoms with E-state index in [1.165, 1.54) is 37.3 Å². The number of aromatic amines is 1. The minimum absolute atomic E-state index is 0.680. The molecule has 98 valence electrons. The number of benzene rings is 1. The van der Waals surface area contributed by atoms with E-state index in [0.29, 0.717) is 5.92 Å². The van der Waals surface area contributed by atoms with Crippen molar-refractivity contribution in [3.05, 3.63) is 30.0 Å². The van der Waals surface area contributed by atoms with Crippen LogP contribution in [-0.2, 0) is 0 Å². The lowest BCUT2D eigenvalue weighted by molar-refractivity contribution is 0.415. The fourth-order valence-corrected chi connectivity index (χ4v) is 3.30. The number of hydrogen-bond acceptors (Lipinski definition) is 3. The predicted molar refractivity (Wildman–Crippen MR) is 74.8 cm³/mol. The lowest BCUT2D eigenvalue weighted by atomic mass is 9.86. The number of hydrogen-bond donors (Lipinski definition) is 1. The van der Waals surface area contributed by atoms with Crippen LogP contribution in [0.25, 0.3) is 11.3 Å². The number of aromatic nitrogens is 2. The van der Waals surface area contributed by atoms with Crippen LogP contribution in [0, 0.1) is 0 Å². The third kappa shape index (κ3) is 1.56. The molecule has 1 aromatic carbocycles. The molecule has 0 spiro atoms. The smallest absolute Gasteiger partial charge is 0.118 e. The molecule has 0 aliphatic carbocycles. The topological polar surface area (TPSA) is 41.1 Å². The molecule has 0 amide bonds. The lowest BCUT2D eigenvalue weighted by Gasteiger charge is -2.40. The summed E-state index contributed by atoms with van der Waals surface area (Å²) < 4.78 is 5.21. The van der Waals surface area contributed by atoms with Crippen LogP contribution >= 0.6 is 0 Å². The Hall–Kier alpha value is -1.97. The summed E-state index contributed by atoms with van der Waals surface area (Å²) in [7, 11) is 1.69. The van der Waals surface area contributed by atoms with Crippen molar-refractivity contribution >= 4 is 5.69 Å². The first-order chi connectivity index (χ1) is 9.36. The van der Waals surface area contributed by atoms with Crippen molar-refractivity contribution in [2.45, 2.75) is 18.8 Å². The molecule has 2 bridgehead atoms. The van der Waals surface area contributed by atoms with Gasteiger partial charge in [-0.05, 0) is 37.1 Å². The van der Waals surface area contributed by atoms with Gasteiger partial charge >= 0.3 is 0 Å². The summed E-state index contributed by atoms with van der Waals surface area (Å²) in [6, 6.07) is 8.15. The van der Waals surface area contributed by atoms with Gasteiger partial charge in [0.15, 0.2) is 0 Å².